The maximum atomic E-state index is 12.7. The third kappa shape index (κ3) is 5.29. The topological polar surface area (TPSA) is 97.4 Å². The number of amides is 1. The molecule has 0 bridgehead atoms. The van der Waals surface area contributed by atoms with Crippen LogP contribution in [0.3, 0.4) is 0 Å². The molecule has 1 amide bonds. The van der Waals surface area contributed by atoms with Gasteiger partial charge < -0.3 is 19.1 Å². The minimum atomic E-state index is -3.68. The first kappa shape index (κ1) is 23.1. The Hall–Kier alpha value is -3.08. The van der Waals surface area contributed by atoms with Crippen molar-refractivity contribution >= 4 is 22.0 Å². The molecule has 2 heterocycles. The molecule has 4 rings (SSSR count). The second-order valence-electron chi connectivity index (χ2n) is 7.74. The van der Waals surface area contributed by atoms with Gasteiger partial charge in [-0.05, 0) is 48.5 Å². The van der Waals surface area contributed by atoms with Crippen molar-refractivity contribution in [2.45, 2.75) is 11.4 Å². The molecule has 1 saturated heterocycles. The number of hydrogen-bond donors (Lipinski definition) is 1. The molecule has 2 aromatic carbocycles. The van der Waals surface area contributed by atoms with Crippen molar-refractivity contribution in [3.8, 4) is 17.2 Å². The van der Waals surface area contributed by atoms with Crippen LogP contribution in [0.15, 0.2) is 47.4 Å². The molecule has 0 aromatic heterocycles. The number of rotatable bonds is 7. The average molecular weight is 474 g/mol. The van der Waals surface area contributed by atoms with Crippen molar-refractivity contribution in [3.05, 3.63) is 53.6 Å². The molecule has 0 saturated carbocycles. The van der Waals surface area contributed by atoms with Crippen molar-refractivity contribution in [2.24, 2.45) is 0 Å². The van der Waals surface area contributed by atoms with Gasteiger partial charge in [-0.2, -0.15) is 0 Å². The summed E-state index contributed by atoms with van der Waals surface area (Å²) in [6.45, 7) is 3.81. The lowest BCUT2D eigenvalue weighted by atomic mass is 10.1. The highest BCUT2D eigenvalue weighted by Gasteiger charge is 2.21. The summed E-state index contributed by atoms with van der Waals surface area (Å²) >= 11 is 0. The summed E-state index contributed by atoms with van der Waals surface area (Å²) in [5.41, 5.74) is 1.74. The van der Waals surface area contributed by atoms with Gasteiger partial charge in [-0.1, -0.05) is 12.1 Å². The number of piperazine rings is 1. The van der Waals surface area contributed by atoms with E-state index in [9.17, 15) is 13.2 Å². The van der Waals surface area contributed by atoms with Gasteiger partial charge in [0.25, 0.3) is 0 Å². The fourth-order valence-electron chi connectivity index (χ4n) is 3.81. The lowest BCUT2D eigenvalue weighted by Gasteiger charge is -2.34. The van der Waals surface area contributed by atoms with E-state index in [4.69, 9.17) is 14.2 Å². The minimum absolute atomic E-state index is 0.0271. The number of nitrogens with one attached hydrogen (secondary N) is 1. The smallest absolute Gasteiger partial charge is 0.246 e. The summed E-state index contributed by atoms with van der Waals surface area (Å²) in [5.74, 6) is 1.68. The number of sulfonamides is 1. The number of benzene rings is 2. The van der Waals surface area contributed by atoms with Crippen molar-refractivity contribution in [1.29, 1.82) is 0 Å². The molecule has 33 heavy (non-hydrogen) atoms. The summed E-state index contributed by atoms with van der Waals surface area (Å²) in [6.07, 6.45) is 3.10. The van der Waals surface area contributed by atoms with Crippen LogP contribution in [0.25, 0.3) is 6.08 Å². The number of carbonyl (C=O) groups is 1. The molecule has 1 fully saturated rings. The zero-order valence-electron chi connectivity index (χ0n) is 18.6. The molecule has 2 aromatic rings. The van der Waals surface area contributed by atoms with Gasteiger partial charge in [0, 0.05) is 38.8 Å². The Bertz CT molecular complexity index is 1160. The Morgan fingerprint density at radius 3 is 2.58 bits per heavy atom. The largest absolute Gasteiger partial charge is 0.495 e. The monoisotopic (exact) mass is 473 g/mol. The predicted octanol–water partition coefficient (Wildman–Crippen LogP) is 1.69. The number of ether oxygens (including phenoxy) is 3. The number of hydrogen-bond acceptors (Lipinski definition) is 7. The number of nitrogens with zero attached hydrogens (tertiary/aromatic N) is 2. The quantitative estimate of drug-likeness (QED) is 0.611. The third-order valence-electron chi connectivity index (χ3n) is 5.69. The Morgan fingerprint density at radius 1 is 1.09 bits per heavy atom. The summed E-state index contributed by atoms with van der Waals surface area (Å²) in [5, 5.41) is 0. The molecule has 176 valence electrons. The Balaban J connectivity index is 1.34. The molecule has 2 aliphatic rings. The Morgan fingerprint density at radius 2 is 1.85 bits per heavy atom. The average Bonchev–Trinajstić information content (AvgIpc) is 3.31. The van der Waals surface area contributed by atoms with Crippen LogP contribution in [-0.2, 0) is 21.4 Å². The van der Waals surface area contributed by atoms with Crippen molar-refractivity contribution in [3.63, 3.8) is 0 Å². The van der Waals surface area contributed by atoms with Gasteiger partial charge in [0.2, 0.25) is 22.7 Å². The molecule has 1 N–H and O–H groups in total. The van der Waals surface area contributed by atoms with Gasteiger partial charge in [0.15, 0.2) is 11.5 Å². The van der Waals surface area contributed by atoms with E-state index in [1.54, 1.807) is 23.1 Å². The predicted molar refractivity (Wildman–Crippen MR) is 123 cm³/mol. The van der Waals surface area contributed by atoms with Crippen LogP contribution < -0.4 is 18.9 Å². The number of methoxy groups -OCH3 is 1. The van der Waals surface area contributed by atoms with Gasteiger partial charge in [-0.25, -0.2) is 13.1 Å². The number of fused-ring (bicyclic) bond motifs is 1. The van der Waals surface area contributed by atoms with Crippen molar-refractivity contribution in [2.75, 3.05) is 47.1 Å². The molecule has 0 aliphatic carbocycles. The fourth-order valence-corrected chi connectivity index (χ4v) is 4.74. The maximum absolute atomic E-state index is 12.7. The first-order valence-corrected chi connectivity index (χ1v) is 12.1. The Labute approximate surface area is 193 Å². The van der Waals surface area contributed by atoms with E-state index in [0.29, 0.717) is 18.7 Å². The van der Waals surface area contributed by atoms with Gasteiger partial charge in [0.05, 0.1) is 7.11 Å². The molecule has 0 atom stereocenters. The first-order valence-electron chi connectivity index (χ1n) is 10.6. The van der Waals surface area contributed by atoms with E-state index in [1.165, 1.54) is 26.3 Å². The maximum Gasteiger partial charge on any atom is 0.246 e. The molecular weight excluding hydrogens is 446 g/mol. The second kappa shape index (κ2) is 9.82. The molecule has 10 heteroatoms. The Kier molecular flexibility index (Phi) is 6.87. The molecule has 0 unspecified atom stereocenters. The second-order valence-corrected chi connectivity index (χ2v) is 9.60. The van der Waals surface area contributed by atoms with Crippen molar-refractivity contribution < 1.29 is 27.4 Å². The standard InChI is InChI=1S/C23H27N3O6S/c1-24-33(28,29)22-14-17(3-7-20(22)30-2)5-8-23(27)26-11-9-25(10-12-26)15-18-4-6-19-21(13-18)32-16-31-19/h3-8,13-14,24H,9-12,15-16H2,1-2H3/b8-5+. The highest BCUT2D eigenvalue weighted by atomic mass is 32.2. The highest BCUT2D eigenvalue weighted by molar-refractivity contribution is 7.89. The zero-order chi connectivity index (χ0) is 23.4. The minimum Gasteiger partial charge on any atom is -0.495 e. The van der Waals surface area contributed by atoms with E-state index in [-0.39, 0.29) is 23.3 Å². The van der Waals surface area contributed by atoms with Crippen LogP contribution in [-0.4, -0.2) is 71.3 Å². The third-order valence-corrected chi connectivity index (χ3v) is 7.13. The molecular formula is C23H27N3O6S. The van der Waals surface area contributed by atoms with Crippen molar-refractivity contribution in [1.82, 2.24) is 14.5 Å². The summed E-state index contributed by atoms with van der Waals surface area (Å²) < 4.78 is 42.7. The lowest BCUT2D eigenvalue weighted by Crippen LogP contribution is -2.47. The summed E-state index contributed by atoms with van der Waals surface area (Å²) in [4.78, 5) is 16.8. The van der Waals surface area contributed by atoms with Gasteiger partial charge in [-0.3, -0.25) is 9.69 Å². The SMILES string of the molecule is CNS(=O)(=O)c1cc(/C=C/C(=O)N2CCN(Cc3ccc4c(c3)OCO4)CC2)ccc1OC. The van der Waals surface area contributed by atoms with E-state index in [2.05, 4.69) is 9.62 Å². The summed E-state index contributed by atoms with van der Waals surface area (Å²) in [7, 11) is -0.930. The van der Waals surface area contributed by atoms with Gasteiger partial charge in [0.1, 0.15) is 10.6 Å². The first-order chi connectivity index (χ1) is 15.9. The number of carbonyl (C=O) groups excluding carboxylic acids is 1. The normalized spacial score (nSPS) is 16.4. The van der Waals surface area contributed by atoms with Crippen LogP contribution >= 0.6 is 0 Å². The van der Waals surface area contributed by atoms with Crippen LogP contribution in [0.4, 0.5) is 0 Å². The molecule has 2 aliphatic heterocycles. The van der Waals surface area contributed by atoms with Crippen LogP contribution in [0.1, 0.15) is 11.1 Å². The highest BCUT2D eigenvalue weighted by Crippen LogP contribution is 2.33. The van der Waals surface area contributed by atoms with E-state index in [0.717, 1.165) is 36.7 Å². The van der Waals surface area contributed by atoms with E-state index < -0.39 is 10.0 Å². The van der Waals surface area contributed by atoms with Crippen LogP contribution in [0.2, 0.25) is 0 Å². The summed E-state index contributed by atoms with van der Waals surface area (Å²) in [6, 6.07) is 10.7. The van der Waals surface area contributed by atoms with E-state index >= 15 is 0 Å². The molecule has 9 nitrogen and oxygen atoms in total. The van der Waals surface area contributed by atoms with Gasteiger partial charge in [-0.15, -0.1) is 0 Å². The zero-order valence-corrected chi connectivity index (χ0v) is 19.4. The fraction of sp³-hybridized carbons (Fsp3) is 0.348. The van der Waals surface area contributed by atoms with Gasteiger partial charge >= 0.3 is 0 Å². The lowest BCUT2D eigenvalue weighted by molar-refractivity contribution is -0.127. The van der Waals surface area contributed by atoms with Crippen LogP contribution in [0, 0.1) is 0 Å². The van der Waals surface area contributed by atoms with Crippen LogP contribution in [0.5, 0.6) is 17.2 Å². The molecule has 0 spiro atoms. The van der Waals surface area contributed by atoms with E-state index in [1.807, 2.05) is 18.2 Å². The molecule has 0 radical (unpaired) electrons.